The van der Waals surface area contributed by atoms with E-state index in [1.54, 1.807) is 13.3 Å². The van der Waals surface area contributed by atoms with Crippen LogP contribution in [-0.4, -0.2) is 67.4 Å². The van der Waals surface area contributed by atoms with Crippen LogP contribution in [0.1, 0.15) is 5.69 Å². The van der Waals surface area contributed by atoms with Gasteiger partial charge >= 0.3 is 0 Å². The van der Waals surface area contributed by atoms with Crippen LogP contribution in [0.5, 0.6) is 5.75 Å². The molecule has 0 radical (unpaired) electrons. The molecule has 36 heavy (non-hydrogen) atoms. The second-order valence-electron chi connectivity index (χ2n) is 9.27. The standard InChI is InChI=1S/C27H33N7O2/c1-32(2)11-12-33(3)23-16-25(35-4)21(15-19(23)28)31-27-29-10-9-20(30-27)26-18-7-5-6-8-22(18)34-13-14-36-17-24(26)34/h5-10,15-16H,11-14,17,28H2,1-4H3,(H,29,30,31). The number of nitrogens with zero attached hydrogens (tertiary/aromatic N) is 5. The number of ether oxygens (including phenoxy) is 2. The lowest BCUT2D eigenvalue weighted by molar-refractivity contribution is 0.0869. The van der Waals surface area contributed by atoms with Crippen LogP contribution < -0.4 is 20.7 Å². The van der Waals surface area contributed by atoms with Gasteiger partial charge in [0.25, 0.3) is 0 Å². The molecule has 4 aromatic rings. The number of likely N-dealkylation sites (N-methyl/N-ethyl adjacent to an activating group) is 2. The van der Waals surface area contributed by atoms with Gasteiger partial charge in [-0.15, -0.1) is 0 Å². The number of hydrogen-bond donors (Lipinski definition) is 2. The highest BCUT2D eigenvalue weighted by atomic mass is 16.5. The Morgan fingerprint density at radius 2 is 1.97 bits per heavy atom. The van der Waals surface area contributed by atoms with Crippen molar-refractivity contribution in [1.82, 2.24) is 19.4 Å². The molecule has 0 saturated heterocycles. The third-order valence-electron chi connectivity index (χ3n) is 6.58. The summed E-state index contributed by atoms with van der Waals surface area (Å²) in [4.78, 5) is 13.6. The quantitative estimate of drug-likeness (QED) is 0.361. The van der Waals surface area contributed by atoms with Crippen molar-refractivity contribution in [2.24, 2.45) is 0 Å². The van der Waals surface area contributed by atoms with Crippen molar-refractivity contribution in [1.29, 1.82) is 0 Å². The number of anilines is 4. The molecule has 3 heterocycles. The first-order valence-electron chi connectivity index (χ1n) is 12.1. The number of fused-ring (bicyclic) bond motifs is 3. The third kappa shape index (κ3) is 4.55. The number of nitrogens with two attached hydrogens (primary N) is 1. The Labute approximate surface area is 211 Å². The predicted octanol–water partition coefficient (Wildman–Crippen LogP) is 3.96. The fraction of sp³-hybridized carbons (Fsp3) is 0.333. The van der Waals surface area contributed by atoms with E-state index in [4.69, 9.17) is 20.2 Å². The van der Waals surface area contributed by atoms with Crippen LogP contribution in [0.4, 0.5) is 23.0 Å². The number of rotatable bonds is 8. The summed E-state index contributed by atoms with van der Waals surface area (Å²) in [6, 6.07) is 14.2. The zero-order chi connectivity index (χ0) is 25.2. The van der Waals surface area contributed by atoms with Gasteiger partial charge in [0.15, 0.2) is 0 Å². The first-order chi connectivity index (χ1) is 17.5. The smallest absolute Gasteiger partial charge is 0.227 e. The Morgan fingerprint density at radius 1 is 1.14 bits per heavy atom. The molecular formula is C27H33N7O2. The second-order valence-corrected chi connectivity index (χ2v) is 9.27. The van der Waals surface area contributed by atoms with E-state index in [1.807, 2.05) is 25.2 Å². The fourth-order valence-corrected chi connectivity index (χ4v) is 4.70. The summed E-state index contributed by atoms with van der Waals surface area (Å²) in [5, 5.41) is 4.48. The lowest BCUT2D eigenvalue weighted by Crippen LogP contribution is -2.29. The maximum absolute atomic E-state index is 6.44. The molecule has 9 heteroatoms. The summed E-state index contributed by atoms with van der Waals surface area (Å²) in [6.07, 6.45) is 1.77. The Hall–Kier alpha value is -3.82. The van der Waals surface area contributed by atoms with Crippen LogP contribution in [0.15, 0.2) is 48.7 Å². The van der Waals surface area contributed by atoms with Gasteiger partial charge in [0.2, 0.25) is 5.95 Å². The predicted molar refractivity (Wildman–Crippen MR) is 145 cm³/mol. The number of nitrogens with one attached hydrogen (secondary N) is 1. The highest BCUT2D eigenvalue weighted by molar-refractivity contribution is 5.97. The lowest BCUT2D eigenvalue weighted by Gasteiger charge is -2.24. The monoisotopic (exact) mass is 487 g/mol. The van der Waals surface area contributed by atoms with E-state index in [2.05, 4.69) is 63.0 Å². The average molecular weight is 488 g/mol. The molecule has 0 bridgehead atoms. The minimum Gasteiger partial charge on any atom is -0.494 e. The van der Waals surface area contributed by atoms with Gasteiger partial charge < -0.3 is 34.9 Å². The van der Waals surface area contributed by atoms with Crippen LogP contribution in [0.25, 0.3) is 22.2 Å². The normalized spacial score (nSPS) is 13.1. The van der Waals surface area contributed by atoms with E-state index >= 15 is 0 Å². The molecule has 0 fully saturated rings. The van der Waals surface area contributed by atoms with Crippen molar-refractivity contribution in [2.75, 3.05) is 63.9 Å². The van der Waals surface area contributed by atoms with E-state index in [0.29, 0.717) is 36.3 Å². The minimum atomic E-state index is 0.472. The van der Waals surface area contributed by atoms with Gasteiger partial charge in [-0.2, -0.15) is 0 Å². The molecule has 0 saturated carbocycles. The SMILES string of the molecule is COc1cc(N(C)CCN(C)C)c(N)cc1Nc1nccc(-c2c3n(c4ccccc24)CCOC3)n1. The summed E-state index contributed by atoms with van der Waals surface area (Å²) in [7, 11) is 7.79. The molecule has 0 aliphatic carbocycles. The van der Waals surface area contributed by atoms with Crippen molar-refractivity contribution in [3.05, 3.63) is 54.4 Å². The van der Waals surface area contributed by atoms with Crippen LogP contribution in [0.2, 0.25) is 0 Å². The lowest BCUT2D eigenvalue weighted by atomic mass is 10.1. The van der Waals surface area contributed by atoms with Gasteiger partial charge in [0.1, 0.15) is 5.75 Å². The Kier molecular flexibility index (Phi) is 6.67. The minimum absolute atomic E-state index is 0.472. The van der Waals surface area contributed by atoms with E-state index in [9.17, 15) is 0 Å². The molecule has 2 aromatic heterocycles. The van der Waals surface area contributed by atoms with Crippen LogP contribution in [0.3, 0.4) is 0 Å². The van der Waals surface area contributed by atoms with E-state index < -0.39 is 0 Å². The summed E-state index contributed by atoms with van der Waals surface area (Å²) < 4.78 is 13.8. The molecular weight excluding hydrogens is 454 g/mol. The molecule has 9 nitrogen and oxygen atoms in total. The molecule has 3 N–H and O–H groups in total. The van der Waals surface area contributed by atoms with Gasteiger partial charge in [0.05, 0.1) is 48.8 Å². The molecule has 188 valence electrons. The molecule has 1 aliphatic rings. The van der Waals surface area contributed by atoms with Gasteiger partial charge in [-0.25, -0.2) is 9.97 Å². The maximum atomic E-state index is 6.44. The fourth-order valence-electron chi connectivity index (χ4n) is 4.70. The molecule has 0 amide bonds. The first kappa shape index (κ1) is 23.9. The Balaban J connectivity index is 1.48. The number of aromatic nitrogens is 3. The number of methoxy groups -OCH3 is 1. The number of hydrogen-bond acceptors (Lipinski definition) is 8. The average Bonchev–Trinajstić information content (AvgIpc) is 3.22. The van der Waals surface area contributed by atoms with Crippen molar-refractivity contribution in [3.8, 4) is 17.0 Å². The number of para-hydroxylation sites is 1. The summed E-state index contributed by atoms with van der Waals surface area (Å²) in [5.41, 5.74) is 13.0. The Bertz CT molecular complexity index is 1380. The van der Waals surface area contributed by atoms with Crippen molar-refractivity contribution in [2.45, 2.75) is 13.2 Å². The van der Waals surface area contributed by atoms with Crippen molar-refractivity contribution >= 4 is 33.9 Å². The van der Waals surface area contributed by atoms with Gasteiger partial charge in [-0.05, 0) is 32.3 Å². The summed E-state index contributed by atoms with van der Waals surface area (Å²) in [5.74, 6) is 1.14. The van der Waals surface area contributed by atoms with Gasteiger partial charge in [0, 0.05) is 55.4 Å². The second kappa shape index (κ2) is 10.0. The van der Waals surface area contributed by atoms with Crippen LogP contribution >= 0.6 is 0 Å². The van der Waals surface area contributed by atoms with Gasteiger partial charge in [-0.1, -0.05) is 18.2 Å². The number of benzene rings is 2. The topological polar surface area (TPSA) is 93.7 Å². The molecule has 1 aliphatic heterocycles. The summed E-state index contributed by atoms with van der Waals surface area (Å²) in [6.45, 7) is 3.87. The maximum Gasteiger partial charge on any atom is 0.227 e. The van der Waals surface area contributed by atoms with Crippen LogP contribution in [-0.2, 0) is 17.9 Å². The molecule has 0 unspecified atom stereocenters. The van der Waals surface area contributed by atoms with E-state index in [1.165, 1.54) is 5.52 Å². The first-order valence-corrected chi connectivity index (χ1v) is 12.1. The highest BCUT2D eigenvalue weighted by Gasteiger charge is 2.22. The van der Waals surface area contributed by atoms with Crippen molar-refractivity contribution in [3.63, 3.8) is 0 Å². The summed E-state index contributed by atoms with van der Waals surface area (Å²) >= 11 is 0. The van der Waals surface area contributed by atoms with Gasteiger partial charge in [-0.3, -0.25) is 0 Å². The molecule has 2 aromatic carbocycles. The highest BCUT2D eigenvalue weighted by Crippen LogP contribution is 2.38. The molecule has 0 spiro atoms. The third-order valence-corrected chi connectivity index (χ3v) is 6.58. The zero-order valence-corrected chi connectivity index (χ0v) is 21.3. The van der Waals surface area contributed by atoms with E-state index in [0.717, 1.165) is 47.7 Å². The number of nitrogen functional groups attached to an aromatic ring is 1. The van der Waals surface area contributed by atoms with Crippen molar-refractivity contribution < 1.29 is 9.47 Å². The molecule has 0 atom stereocenters. The Morgan fingerprint density at radius 3 is 2.78 bits per heavy atom. The zero-order valence-electron chi connectivity index (χ0n) is 21.3. The molecule has 5 rings (SSSR count). The van der Waals surface area contributed by atoms with E-state index in [-0.39, 0.29) is 0 Å². The van der Waals surface area contributed by atoms with Crippen LogP contribution in [0, 0.1) is 0 Å². The largest absolute Gasteiger partial charge is 0.494 e.